The standard InChI is InChI=1S/C29H32F2N2O2/c1-17(2)10-19-8-9-24-23-6-4-5-7-25(23)29(26(24)13-19)32-16-28(35)27(33-18(3)34)14-20-11-21(30)15-22(31)12-20/h4-9,11-13,15,17,27-29,32,35H,10,14,16H2,1-3H3,(H,33,34)/t27-,28-,29?/m0/s1. The second-order valence-corrected chi connectivity index (χ2v) is 9.80. The lowest BCUT2D eigenvalue weighted by Gasteiger charge is -2.26. The van der Waals surface area contributed by atoms with Gasteiger partial charge in [-0.3, -0.25) is 4.79 Å². The number of halogens is 2. The number of amides is 1. The molecule has 0 saturated carbocycles. The monoisotopic (exact) mass is 478 g/mol. The lowest BCUT2D eigenvalue weighted by Crippen LogP contribution is -2.48. The Morgan fingerprint density at radius 3 is 2.29 bits per heavy atom. The molecule has 1 amide bonds. The van der Waals surface area contributed by atoms with E-state index in [1.807, 2.05) is 12.1 Å². The molecule has 3 aromatic carbocycles. The van der Waals surface area contributed by atoms with Gasteiger partial charge in [0, 0.05) is 19.5 Å². The number of benzene rings is 3. The molecule has 1 unspecified atom stereocenters. The Kier molecular flexibility index (Phi) is 7.63. The molecule has 3 atom stereocenters. The van der Waals surface area contributed by atoms with Gasteiger partial charge in [-0.15, -0.1) is 0 Å². The summed E-state index contributed by atoms with van der Waals surface area (Å²) < 4.78 is 27.4. The number of rotatable bonds is 9. The van der Waals surface area contributed by atoms with E-state index in [0.717, 1.165) is 18.1 Å². The third kappa shape index (κ3) is 5.95. The predicted octanol–water partition coefficient (Wildman–Crippen LogP) is 4.93. The van der Waals surface area contributed by atoms with E-state index < -0.39 is 23.8 Å². The fourth-order valence-corrected chi connectivity index (χ4v) is 4.98. The van der Waals surface area contributed by atoms with Crippen LogP contribution in [0.2, 0.25) is 0 Å². The minimum absolute atomic E-state index is 0.104. The molecule has 0 spiro atoms. The molecule has 3 N–H and O–H groups in total. The van der Waals surface area contributed by atoms with Crippen LogP contribution in [0, 0.1) is 17.6 Å². The van der Waals surface area contributed by atoms with Crippen LogP contribution in [-0.2, 0) is 17.6 Å². The van der Waals surface area contributed by atoms with E-state index in [-0.39, 0.29) is 24.9 Å². The Labute approximate surface area is 205 Å². The fraction of sp³-hybridized carbons (Fsp3) is 0.345. The molecular formula is C29H32F2N2O2. The van der Waals surface area contributed by atoms with Crippen molar-refractivity contribution >= 4 is 5.91 Å². The lowest BCUT2D eigenvalue weighted by molar-refractivity contribution is -0.120. The number of aliphatic hydroxyl groups is 1. The Morgan fingerprint density at radius 2 is 1.60 bits per heavy atom. The minimum Gasteiger partial charge on any atom is -0.390 e. The van der Waals surface area contributed by atoms with Gasteiger partial charge < -0.3 is 15.7 Å². The van der Waals surface area contributed by atoms with Crippen LogP contribution < -0.4 is 10.6 Å². The van der Waals surface area contributed by atoms with Crippen molar-refractivity contribution in [3.8, 4) is 11.1 Å². The van der Waals surface area contributed by atoms with Crippen molar-refractivity contribution in [3.05, 3.63) is 94.6 Å². The maximum Gasteiger partial charge on any atom is 0.217 e. The fourth-order valence-electron chi connectivity index (χ4n) is 4.98. The molecule has 1 aliphatic carbocycles. The van der Waals surface area contributed by atoms with Gasteiger partial charge in [-0.05, 0) is 64.3 Å². The normalized spacial score (nSPS) is 16.0. The van der Waals surface area contributed by atoms with Crippen molar-refractivity contribution in [1.82, 2.24) is 10.6 Å². The first-order chi connectivity index (χ1) is 16.7. The molecule has 3 aromatic rings. The maximum absolute atomic E-state index is 13.7. The number of fused-ring (bicyclic) bond motifs is 3. The summed E-state index contributed by atoms with van der Waals surface area (Å²) in [7, 11) is 0. The molecule has 0 aromatic heterocycles. The first kappa shape index (κ1) is 25.0. The SMILES string of the molecule is CC(=O)N[C@@H](Cc1cc(F)cc(F)c1)[C@@H](O)CNC1c2ccccc2-c2ccc(CC(C)C)cc21. The number of hydrogen-bond acceptors (Lipinski definition) is 3. The summed E-state index contributed by atoms with van der Waals surface area (Å²) in [5.41, 5.74) is 6.28. The number of nitrogens with one attached hydrogen (secondary N) is 2. The summed E-state index contributed by atoms with van der Waals surface area (Å²) >= 11 is 0. The van der Waals surface area contributed by atoms with Crippen LogP contribution in [0.3, 0.4) is 0 Å². The second kappa shape index (κ2) is 10.7. The van der Waals surface area contributed by atoms with Gasteiger partial charge in [-0.1, -0.05) is 56.3 Å². The van der Waals surface area contributed by atoms with Gasteiger partial charge in [0.2, 0.25) is 5.91 Å². The zero-order valence-electron chi connectivity index (χ0n) is 20.3. The van der Waals surface area contributed by atoms with Crippen LogP contribution >= 0.6 is 0 Å². The quantitative estimate of drug-likeness (QED) is 0.409. The van der Waals surface area contributed by atoms with Crippen LogP contribution in [0.15, 0.2) is 60.7 Å². The average Bonchev–Trinajstić information content (AvgIpc) is 3.08. The van der Waals surface area contributed by atoms with E-state index in [1.165, 1.54) is 41.3 Å². The molecule has 184 valence electrons. The first-order valence-electron chi connectivity index (χ1n) is 12.1. The van der Waals surface area contributed by atoms with Crippen molar-refractivity contribution in [2.45, 2.75) is 51.8 Å². The van der Waals surface area contributed by atoms with Crippen molar-refractivity contribution in [2.75, 3.05) is 6.54 Å². The second-order valence-electron chi connectivity index (χ2n) is 9.80. The molecule has 4 nitrogen and oxygen atoms in total. The van der Waals surface area contributed by atoms with E-state index in [4.69, 9.17) is 0 Å². The van der Waals surface area contributed by atoms with E-state index in [1.54, 1.807) is 0 Å². The summed E-state index contributed by atoms with van der Waals surface area (Å²) in [6.07, 6.45) is 0.113. The highest BCUT2D eigenvalue weighted by Gasteiger charge is 2.30. The maximum atomic E-state index is 13.7. The highest BCUT2D eigenvalue weighted by Crippen LogP contribution is 2.43. The van der Waals surface area contributed by atoms with Crippen LogP contribution in [0.4, 0.5) is 8.78 Å². The molecule has 0 saturated heterocycles. The van der Waals surface area contributed by atoms with Crippen molar-refractivity contribution < 1.29 is 18.7 Å². The Balaban J connectivity index is 1.55. The topological polar surface area (TPSA) is 61.4 Å². The summed E-state index contributed by atoms with van der Waals surface area (Å²) in [5.74, 6) is -1.16. The van der Waals surface area contributed by atoms with Gasteiger partial charge in [0.05, 0.1) is 18.2 Å². The molecule has 0 heterocycles. The molecule has 1 aliphatic rings. The largest absolute Gasteiger partial charge is 0.390 e. The Hall–Kier alpha value is -3.09. The number of carbonyl (C=O) groups excluding carboxylic acids is 1. The molecule has 0 radical (unpaired) electrons. The van der Waals surface area contributed by atoms with Crippen molar-refractivity contribution in [3.63, 3.8) is 0 Å². The first-order valence-corrected chi connectivity index (χ1v) is 12.1. The predicted molar refractivity (Wildman–Crippen MR) is 134 cm³/mol. The summed E-state index contributed by atoms with van der Waals surface area (Å²) in [6.45, 7) is 5.94. The van der Waals surface area contributed by atoms with Crippen molar-refractivity contribution in [1.29, 1.82) is 0 Å². The van der Waals surface area contributed by atoms with Crippen molar-refractivity contribution in [2.24, 2.45) is 5.92 Å². The van der Waals surface area contributed by atoms with Crippen LogP contribution in [-0.4, -0.2) is 29.7 Å². The van der Waals surface area contributed by atoms with Crippen LogP contribution in [0.25, 0.3) is 11.1 Å². The number of carbonyl (C=O) groups is 1. The number of hydrogen-bond donors (Lipinski definition) is 3. The third-order valence-electron chi connectivity index (χ3n) is 6.40. The Morgan fingerprint density at radius 1 is 0.914 bits per heavy atom. The molecule has 0 fully saturated rings. The van der Waals surface area contributed by atoms with Gasteiger partial charge in [-0.2, -0.15) is 0 Å². The van der Waals surface area contributed by atoms with E-state index >= 15 is 0 Å². The highest BCUT2D eigenvalue weighted by molar-refractivity contribution is 5.79. The molecule has 0 bridgehead atoms. The van der Waals surface area contributed by atoms with E-state index in [9.17, 15) is 18.7 Å². The molecule has 35 heavy (non-hydrogen) atoms. The van der Waals surface area contributed by atoms with Gasteiger partial charge in [0.15, 0.2) is 0 Å². The van der Waals surface area contributed by atoms with E-state index in [0.29, 0.717) is 11.5 Å². The molecular weight excluding hydrogens is 446 g/mol. The smallest absolute Gasteiger partial charge is 0.217 e. The minimum atomic E-state index is -0.972. The average molecular weight is 479 g/mol. The lowest BCUT2D eigenvalue weighted by atomic mass is 9.96. The van der Waals surface area contributed by atoms with E-state index in [2.05, 4.69) is 54.8 Å². The van der Waals surface area contributed by atoms with Gasteiger partial charge in [0.1, 0.15) is 11.6 Å². The van der Waals surface area contributed by atoms with Crippen LogP contribution in [0.1, 0.15) is 49.1 Å². The van der Waals surface area contributed by atoms with Crippen LogP contribution in [0.5, 0.6) is 0 Å². The summed E-state index contributed by atoms with van der Waals surface area (Å²) in [4.78, 5) is 11.8. The Bertz CT molecular complexity index is 1190. The summed E-state index contributed by atoms with van der Waals surface area (Å²) in [6, 6.07) is 17.2. The third-order valence-corrected chi connectivity index (χ3v) is 6.40. The van der Waals surface area contributed by atoms with Gasteiger partial charge in [-0.25, -0.2) is 8.78 Å². The highest BCUT2D eigenvalue weighted by atomic mass is 19.1. The summed E-state index contributed by atoms with van der Waals surface area (Å²) in [5, 5.41) is 17.2. The number of aliphatic hydroxyl groups excluding tert-OH is 1. The van der Waals surface area contributed by atoms with Gasteiger partial charge >= 0.3 is 0 Å². The van der Waals surface area contributed by atoms with Gasteiger partial charge in [0.25, 0.3) is 0 Å². The zero-order chi connectivity index (χ0) is 25.1. The molecule has 0 aliphatic heterocycles. The molecule has 4 rings (SSSR count). The molecule has 6 heteroatoms. The zero-order valence-corrected chi connectivity index (χ0v) is 20.3.